The standard InChI is InChI=1S/C12H12O2/c13-11(14)10-7-12(10)6-5-8-3-1-2-4-9(8)12/h1-4,10H,5-7H2,(H,13,14)/t10-,12-/m0/s1. The minimum Gasteiger partial charge on any atom is -0.481 e. The Morgan fingerprint density at radius 3 is 2.93 bits per heavy atom. The van der Waals surface area contributed by atoms with Crippen LogP contribution in [0.25, 0.3) is 0 Å². The molecule has 0 aromatic heterocycles. The van der Waals surface area contributed by atoms with Gasteiger partial charge in [-0.1, -0.05) is 24.3 Å². The van der Waals surface area contributed by atoms with Gasteiger partial charge >= 0.3 is 5.97 Å². The number of fused-ring (bicyclic) bond motifs is 2. The Bertz CT molecular complexity index is 411. The van der Waals surface area contributed by atoms with Gasteiger partial charge < -0.3 is 5.11 Å². The molecule has 1 N–H and O–H groups in total. The lowest BCUT2D eigenvalue weighted by molar-refractivity contribution is -0.139. The van der Waals surface area contributed by atoms with Gasteiger partial charge in [0.05, 0.1) is 5.92 Å². The van der Waals surface area contributed by atoms with Crippen LogP contribution in [0.5, 0.6) is 0 Å². The molecule has 0 amide bonds. The third-order valence-electron chi connectivity index (χ3n) is 3.77. The van der Waals surface area contributed by atoms with Crippen LogP contribution >= 0.6 is 0 Å². The summed E-state index contributed by atoms with van der Waals surface area (Å²) < 4.78 is 0. The van der Waals surface area contributed by atoms with Gasteiger partial charge in [0.25, 0.3) is 0 Å². The first-order chi connectivity index (χ1) is 6.74. The molecule has 1 saturated carbocycles. The molecule has 0 aliphatic heterocycles. The number of rotatable bonds is 1. The van der Waals surface area contributed by atoms with Crippen molar-refractivity contribution in [3.8, 4) is 0 Å². The zero-order valence-corrected chi connectivity index (χ0v) is 7.86. The summed E-state index contributed by atoms with van der Waals surface area (Å²) in [4.78, 5) is 10.9. The van der Waals surface area contributed by atoms with E-state index in [0.29, 0.717) is 0 Å². The summed E-state index contributed by atoms with van der Waals surface area (Å²) in [6.07, 6.45) is 2.93. The van der Waals surface area contributed by atoms with E-state index in [4.69, 9.17) is 5.11 Å². The van der Waals surface area contributed by atoms with Crippen molar-refractivity contribution in [1.29, 1.82) is 0 Å². The highest BCUT2D eigenvalue weighted by Gasteiger charge is 2.61. The molecule has 0 unspecified atom stereocenters. The zero-order valence-electron chi connectivity index (χ0n) is 7.86. The van der Waals surface area contributed by atoms with Crippen molar-refractivity contribution in [3.05, 3.63) is 35.4 Å². The maximum atomic E-state index is 10.9. The topological polar surface area (TPSA) is 37.3 Å². The van der Waals surface area contributed by atoms with Crippen LogP contribution in [0.4, 0.5) is 0 Å². The molecule has 2 nitrogen and oxygen atoms in total. The number of carboxylic acids is 1. The molecule has 14 heavy (non-hydrogen) atoms. The molecule has 1 aromatic carbocycles. The minimum atomic E-state index is -0.623. The van der Waals surface area contributed by atoms with Crippen LogP contribution in [0.3, 0.4) is 0 Å². The molecule has 3 rings (SSSR count). The second kappa shape index (κ2) is 2.38. The summed E-state index contributed by atoms with van der Waals surface area (Å²) in [5, 5.41) is 9.00. The van der Waals surface area contributed by atoms with Crippen molar-refractivity contribution in [1.82, 2.24) is 0 Å². The predicted octanol–water partition coefficient (Wildman–Crippen LogP) is 1.98. The molecule has 1 spiro atoms. The van der Waals surface area contributed by atoms with E-state index in [0.717, 1.165) is 19.3 Å². The van der Waals surface area contributed by atoms with E-state index in [-0.39, 0.29) is 11.3 Å². The average molecular weight is 188 g/mol. The van der Waals surface area contributed by atoms with E-state index < -0.39 is 5.97 Å². The number of hydrogen-bond donors (Lipinski definition) is 1. The smallest absolute Gasteiger partial charge is 0.307 e. The highest BCUT2D eigenvalue weighted by atomic mass is 16.4. The molecule has 1 fully saturated rings. The first-order valence-electron chi connectivity index (χ1n) is 5.05. The Labute approximate surface area is 82.6 Å². The molecule has 0 bridgehead atoms. The SMILES string of the molecule is O=C(O)[C@@H]1C[C@]12CCc1ccccc12. The van der Waals surface area contributed by atoms with E-state index in [9.17, 15) is 4.79 Å². The number of aryl methyl sites for hydroxylation is 1. The Hall–Kier alpha value is -1.31. The third kappa shape index (κ3) is 0.834. The lowest BCUT2D eigenvalue weighted by Gasteiger charge is -2.08. The molecule has 0 heterocycles. The summed E-state index contributed by atoms with van der Waals surface area (Å²) in [6, 6.07) is 8.28. The van der Waals surface area contributed by atoms with Gasteiger partial charge in [0.2, 0.25) is 0 Å². The van der Waals surface area contributed by atoms with Gasteiger partial charge in [0.15, 0.2) is 0 Å². The number of carbonyl (C=O) groups is 1. The number of carboxylic acid groups (broad SMARTS) is 1. The van der Waals surface area contributed by atoms with Gasteiger partial charge in [-0.3, -0.25) is 4.79 Å². The summed E-state index contributed by atoms with van der Waals surface area (Å²) in [6.45, 7) is 0. The normalized spacial score (nSPS) is 33.0. The highest BCUT2D eigenvalue weighted by molar-refractivity contribution is 5.78. The third-order valence-corrected chi connectivity index (χ3v) is 3.77. The van der Waals surface area contributed by atoms with Gasteiger partial charge in [0, 0.05) is 5.41 Å². The van der Waals surface area contributed by atoms with E-state index >= 15 is 0 Å². The number of hydrogen-bond acceptors (Lipinski definition) is 1. The minimum absolute atomic E-state index is 0.0163. The molecule has 2 atom stereocenters. The van der Waals surface area contributed by atoms with Crippen LogP contribution in [0.15, 0.2) is 24.3 Å². The van der Waals surface area contributed by atoms with Crippen LogP contribution in [-0.4, -0.2) is 11.1 Å². The average Bonchev–Trinajstić information content (AvgIpc) is 2.80. The molecule has 2 heteroatoms. The highest BCUT2D eigenvalue weighted by Crippen LogP contribution is 2.61. The molecule has 72 valence electrons. The maximum absolute atomic E-state index is 10.9. The Morgan fingerprint density at radius 1 is 1.43 bits per heavy atom. The summed E-state index contributed by atoms with van der Waals surface area (Å²) >= 11 is 0. The molecule has 2 aliphatic rings. The first kappa shape index (κ1) is 8.04. The Kier molecular flexibility index (Phi) is 1.37. The van der Waals surface area contributed by atoms with Gasteiger partial charge in [0.1, 0.15) is 0 Å². The first-order valence-corrected chi connectivity index (χ1v) is 5.05. The van der Waals surface area contributed by atoms with Crippen molar-refractivity contribution < 1.29 is 9.90 Å². The van der Waals surface area contributed by atoms with Crippen molar-refractivity contribution in [2.75, 3.05) is 0 Å². The van der Waals surface area contributed by atoms with Crippen molar-refractivity contribution >= 4 is 5.97 Å². The molecular formula is C12H12O2. The molecule has 2 aliphatic carbocycles. The van der Waals surface area contributed by atoms with Crippen LogP contribution in [0, 0.1) is 5.92 Å². The van der Waals surface area contributed by atoms with Gasteiger partial charge in [-0.15, -0.1) is 0 Å². The van der Waals surface area contributed by atoms with Gasteiger partial charge in [-0.25, -0.2) is 0 Å². The van der Waals surface area contributed by atoms with E-state index in [1.54, 1.807) is 0 Å². The summed E-state index contributed by atoms with van der Waals surface area (Å²) in [7, 11) is 0. The van der Waals surface area contributed by atoms with Crippen LogP contribution < -0.4 is 0 Å². The zero-order chi connectivity index (χ0) is 9.76. The van der Waals surface area contributed by atoms with E-state index in [1.165, 1.54) is 11.1 Å². The molecule has 0 radical (unpaired) electrons. The lowest BCUT2D eigenvalue weighted by atomic mass is 9.95. The second-order valence-corrected chi connectivity index (χ2v) is 4.41. The predicted molar refractivity (Wildman–Crippen MR) is 52.2 cm³/mol. The fraction of sp³-hybridized carbons (Fsp3) is 0.417. The lowest BCUT2D eigenvalue weighted by Crippen LogP contribution is -2.11. The quantitative estimate of drug-likeness (QED) is 0.731. The fourth-order valence-corrected chi connectivity index (χ4v) is 2.92. The van der Waals surface area contributed by atoms with Gasteiger partial charge in [-0.05, 0) is 30.4 Å². The monoisotopic (exact) mass is 188 g/mol. The van der Waals surface area contributed by atoms with Gasteiger partial charge in [-0.2, -0.15) is 0 Å². The summed E-state index contributed by atoms with van der Waals surface area (Å²) in [5.41, 5.74) is 2.67. The van der Waals surface area contributed by atoms with Crippen LogP contribution in [0.2, 0.25) is 0 Å². The number of benzene rings is 1. The molecular weight excluding hydrogens is 176 g/mol. The largest absolute Gasteiger partial charge is 0.481 e. The van der Waals surface area contributed by atoms with Crippen LogP contribution in [-0.2, 0) is 16.6 Å². The second-order valence-electron chi connectivity index (χ2n) is 4.41. The van der Waals surface area contributed by atoms with Crippen molar-refractivity contribution in [2.45, 2.75) is 24.7 Å². The fourth-order valence-electron chi connectivity index (χ4n) is 2.92. The summed E-state index contributed by atoms with van der Waals surface area (Å²) in [5.74, 6) is -0.743. The Morgan fingerprint density at radius 2 is 2.21 bits per heavy atom. The van der Waals surface area contributed by atoms with Crippen molar-refractivity contribution in [3.63, 3.8) is 0 Å². The van der Waals surface area contributed by atoms with E-state index in [2.05, 4.69) is 12.1 Å². The van der Waals surface area contributed by atoms with Crippen LogP contribution in [0.1, 0.15) is 24.0 Å². The number of aliphatic carboxylic acids is 1. The van der Waals surface area contributed by atoms with Crippen molar-refractivity contribution in [2.24, 2.45) is 5.92 Å². The molecule has 1 aromatic rings. The maximum Gasteiger partial charge on any atom is 0.307 e. The Balaban J connectivity index is 2.04. The van der Waals surface area contributed by atoms with E-state index in [1.807, 2.05) is 12.1 Å². The molecule has 0 saturated heterocycles.